The second kappa shape index (κ2) is 13.0. The van der Waals surface area contributed by atoms with E-state index in [0.29, 0.717) is 5.56 Å². The minimum atomic E-state index is -4.28. The van der Waals surface area contributed by atoms with E-state index in [-0.39, 0.29) is 29.1 Å². The number of benzene rings is 3. The number of nitrogens with one attached hydrogen (secondary N) is 1. The van der Waals surface area contributed by atoms with Gasteiger partial charge < -0.3 is 10.2 Å². The highest BCUT2D eigenvalue weighted by Crippen LogP contribution is 2.25. The molecule has 0 unspecified atom stereocenters. The Morgan fingerprint density at radius 2 is 1.45 bits per heavy atom. The average molecular weight is 570 g/mol. The molecule has 4 rings (SSSR count). The predicted molar refractivity (Wildman–Crippen MR) is 149 cm³/mol. The summed E-state index contributed by atoms with van der Waals surface area (Å²) in [5, 5.41) is 3.04. The lowest BCUT2D eigenvalue weighted by Gasteiger charge is -2.33. The summed E-state index contributed by atoms with van der Waals surface area (Å²) in [6, 6.07) is 17.1. The van der Waals surface area contributed by atoms with Gasteiger partial charge in [0.15, 0.2) is 0 Å². The van der Waals surface area contributed by atoms with Crippen LogP contribution in [0.3, 0.4) is 0 Å². The third kappa shape index (κ3) is 7.24. The fourth-order valence-electron chi connectivity index (χ4n) is 4.79. The molecular weight excluding hydrogens is 536 g/mol. The monoisotopic (exact) mass is 569 g/mol. The molecule has 2 amide bonds. The molecule has 40 heavy (non-hydrogen) atoms. The van der Waals surface area contributed by atoms with Crippen molar-refractivity contribution in [2.45, 2.75) is 62.6 Å². The summed E-state index contributed by atoms with van der Waals surface area (Å²) < 4.78 is 55.4. The zero-order valence-corrected chi connectivity index (χ0v) is 23.1. The number of carbonyl (C=O) groups excluding carboxylic acids is 2. The molecule has 0 aliphatic heterocycles. The molecule has 1 fully saturated rings. The molecule has 1 N–H and O–H groups in total. The highest BCUT2D eigenvalue weighted by atomic mass is 32.2. The molecule has 0 radical (unpaired) electrons. The summed E-state index contributed by atoms with van der Waals surface area (Å²) in [6.07, 6.45) is 4.88. The number of sulfonamides is 1. The maximum Gasteiger partial charge on any atom is 0.264 e. The van der Waals surface area contributed by atoms with Crippen molar-refractivity contribution >= 4 is 27.5 Å². The number of nitrogens with zero attached hydrogens (tertiary/aromatic N) is 2. The molecule has 1 saturated carbocycles. The van der Waals surface area contributed by atoms with Crippen LogP contribution in [0.5, 0.6) is 0 Å². The average Bonchev–Trinajstić information content (AvgIpc) is 2.96. The van der Waals surface area contributed by atoms with E-state index in [0.717, 1.165) is 60.7 Å². The smallest absolute Gasteiger partial charge is 0.264 e. The molecule has 1 aliphatic rings. The highest BCUT2D eigenvalue weighted by Gasteiger charge is 2.33. The minimum Gasteiger partial charge on any atom is -0.352 e. The number of hydrogen-bond acceptors (Lipinski definition) is 4. The van der Waals surface area contributed by atoms with E-state index in [1.165, 1.54) is 29.2 Å². The summed E-state index contributed by atoms with van der Waals surface area (Å²) in [7, 11) is -4.28. The van der Waals surface area contributed by atoms with Crippen molar-refractivity contribution in [2.75, 3.05) is 10.8 Å². The Kier molecular flexibility index (Phi) is 9.52. The van der Waals surface area contributed by atoms with Crippen molar-refractivity contribution in [1.29, 1.82) is 0 Å². The third-order valence-corrected chi connectivity index (χ3v) is 8.90. The second-order valence-electron chi connectivity index (χ2n) is 9.97. The van der Waals surface area contributed by atoms with Crippen LogP contribution in [-0.4, -0.2) is 43.8 Å². The van der Waals surface area contributed by atoms with Crippen LogP contribution in [0.2, 0.25) is 0 Å². The fourth-order valence-corrected chi connectivity index (χ4v) is 6.21. The first-order chi connectivity index (χ1) is 19.1. The fraction of sp³-hybridized carbons (Fsp3) is 0.333. The molecule has 7 nitrogen and oxygen atoms in total. The van der Waals surface area contributed by atoms with Crippen LogP contribution < -0.4 is 9.62 Å². The molecule has 1 atom stereocenters. The van der Waals surface area contributed by atoms with Crippen LogP contribution in [-0.2, 0) is 26.2 Å². The lowest BCUT2D eigenvalue weighted by atomic mass is 9.95. The quantitative estimate of drug-likeness (QED) is 0.371. The lowest BCUT2D eigenvalue weighted by Crippen LogP contribution is -2.53. The number of para-hydroxylation sites is 1. The van der Waals surface area contributed by atoms with Gasteiger partial charge in [-0.05, 0) is 73.9 Å². The molecule has 0 heterocycles. The first-order valence-electron chi connectivity index (χ1n) is 13.3. The van der Waals surface area contributed by atoms with Gasteiger partial charge >= 0.3 is 0 Å². The number of hydrogen-bond donors (Lipinski definition) is 1. The molecule has 212 valence electrons. The van der Waals surface area contributed by atoms with Crippen molar-refractivity contribution in [2.24, 2.45) is 0 Å². The van der Waals surface area contributed by atoms with Gasteiger partial charge in [0.1, 0.15) is 24.2 Å². The van der Waals surface area contributed by atoms with Crippen LogP contribution in [0.25, 0.3) is 0 Å². The lowest BCUT2D eigenvalue weighted by molar-refractivity contribution is -0.139. The summed E-state index contributed by atoms with van der Waals surface area (Å²) in [6.45, 7) is 0.963. The molecule has 0 bridgehead atoms. The molecule has 1 aliphatic carbocycles. The minimum absolute atomic E-state index is 0.0196. The molecule has 0 saturated heterocycles. The van der Waals surface area contributed by atoms with Crippen LogP contribution in [0.4, 0.5) is 14.5 Å². The van der Waals surface area contributed by atoms with Gasteiger partial charge in [-0.2, -0.15) is 0 Å². The van der Waals surface area contributed by atoms with E-state index in [2.05, 4.69) is 5.32 Å². The topological polar surface area (TPSA) is 86.8 Å². The maximum absolute atomic E-state index is 13.9. The molecular formula is C30H33F2N3O4S. The van der Waals surface area contributed by atoms with Crippen LogP contribution in [0, 0.1) is 11.6 Å². The van der Waals surface area contributed by atoms with E-state index >= 15 is 0 Å². The van der Waals surface area contributed by atoms with E-state index < -0.39 is 40.2 Å². The van der Waals surface area contributed by atoms with Gasteiger partial charge in [0.2, 0.25) is 11.8 Å². The van der Waals surface area contributed by atoms with Crippen molar-refractivity contribution in [3.05, 3.63) is 96.1 Å². The standard InChI is InChI=1S/C30H33F2N3O4S/c1-22(30(37)33-26-8-4-2-5-9-26)34(20-23-12-14-24(31)15-13-23)29(36)21-35(27-10-6-3-7-11-27)40(38,39)28-18-16-25(32)17-19-28/h3,6-7,10-19,22,26H,2,4-5,8-9,20-21H2,1H3,(H,33,37)/t22-/m1/s1. The first kappa shape index (κ1) is 29.2. The Bertz CT molecular complexity index is 1400. The van der Waals surface area contributed by atoms with E-state index in [9.17, 15) is 26.8 Å². The Morgan fingerprint density at radius 1 is 0.875 bits per heavy atom. The predicted octanol–water partition coefficient (Wildman–Crippen LogP) is 5.03. The van der Waals surface area contributed by atoms with Gasteiger partial charge in [-0.25, -0.2) is 17.2 Å². The highest BCUT2D eigenvalue weighted by molar-refractivity contribution is 7.92. The van der Waals surface area contributed by atoms with Gasteiger partial charge in [-0.3, -0.25) is 13.9 Å². The number of rotatable bonds is 10. The van der Waals surface area contributed by atoms with Crippen molar-refractivity contribution < 1.29 is 26.8 Å². The van der Waals surface area contributed by atoms with Crippen LogP contribution >= 0.6 is 0 Å². The zero-order chi connectivity index (χ0) is 28.7. The molecule has 3 aromatic carbocycles. The van der Waals surface area contributed by atoms with Gasteiger partial charge in [-0.15, -0.1) is 0 Å². The summed E-state index contributed by atoms with van der Waals surface area (Å²) in [5.41, 5.74) is 0.820. The Balaban J connectivity index is 1.65. The van der Waals surface area contributed by atoms with Crippen molar-refractivity contribution in [1.82, 2.24) is 10.2 Å². The Morgan fingerprint density at radius 3 is 2.05 bits per heavy atom. The SMILES string of the molecule is C[C@H](C(=O)NC1CCCCC1)N(Cc1ccc(F)cc1)C(=O)CN(c1ccccc1)S(=O)(=O)c1ccc(F)cc1. The van der Waals surface area contributed by atoms with Gasteiger partial charge in [0.25, 0.3) is 10.0 Å². The zero-order valence-electron chi connectivity index (χ0n) is 22.3. The number of amides is 2. The van der Waals surface area contributed by atoms with Gasteiger partial charge in [0.05, 0.1) is 10.6 Å². The van der Waals surface area contributed by atoms with Crippen molar-refractivity contribution in [3.63, 3.8) is 0 Å². The molecule has 10 heteroatoms. The van der Waals surface area contributed by atoms with Crippen LogP contribution in [0.15, 0.2) is 83.8 Å². The summed E-state index contributed by atoms with van der Waals surface area (Å²) >= 11 is 0. The van der Waals surface area contributed by atoms with E-state index in [1.807, 2.05) is 0 Å². The van der Waals surface area contributed by atoms with Gasteiger partial charge in [-0.1, -0.05) is 49.6 Å². The Labute approximate surface area is 233 Å². The van der Waals surface area contributed by atoms with Crippen LogP contribution in [0.1, 0.15) is 44.6 Å². The maximum atomic E-state index is 13.9. The molecule has 0 aromatic heterocycles. The Hall–Kier alpha value is -3.79. The number of halogens is 2. The van der Waals surface area contributed by atoms with Crippen molar-refractivity contribution in [3.8, 4) is 0 Å². The summed E-state index contributed by atoms with van der Waals surface area (Å²) in [5.74, 6) is -1.99. The summed E-state index contributed by atoms with van der Waals surface area (Å²) in [4.78, 5) is 28.3. The van der Waals surface area contributed by atoms with E-state index in [4.69, 9.17) is 0 Å². The number of anilines is 1. The third-order valence-electron chi connectivity index (χ3n) is 7.11. The molecule has 0 spiro atoms. The van der Waals surface area contributed by atoms with E-state index in [1.54, 1.807) is 37.3 Å². The largest absolute Gasteiger partial charge is 0.352 e. The number of carbonyl (C=O) groups is 2. The first-order valence-corrected chi connectivity index (χ1v) is 14.8. The normalized spacial score (nSPS) is 14.8. The second-order valence-corrected chi connectivity index (χ2v) is 11.8. The van der Waals surface area contributed by atoms with Gasteiger partial charge in [0, 0.05) is 12.6 Å². The molecule has 3 aromatic rings.